The second-order valence-electron chi connectivity index (χ2n) is 13.6. The number of sulfonamides is 1. The van der Waals surface area contributed by atoms with Crippen LogP contribution < -0.4 is 20.7 Å². The van der Waals surface area contributed by atoms with Crippen molar-refractivity contribution in [2.45, 2.75) is 97.1 Å². The van der Waals surface area contributed by atoms with E-state index < -0.39 is 80.9 Å². The van der Waals surface area contributed by atoms with Crippen molar-refractivity contribution >= 4 is 34.1 Å². The number of carbonyl (C=O) groups is 4. The lowest BCUT2D eigenvalue weighted by atomic mass is 10.0. The Kier molecular flexibility index (Phi) is 15.6. The topological polar surface area (TPSA) is 178 Å². The minimum Gasteiger partial charge on any atom is -0.450 e. The van der Waals surface area contributed by atoms with Gasteiger partial charge in [-0.05, 0) is 90.1 Å². The molecule has 278 valence electrons. The molecule has 0 heterocycles. The molecule has 0 aliphatic carbocycles. The molecule has 13 nitrogen and oxygen atoms in total. The Morgan fingerprint density at radius 1 is 0.840 bits per heavy atom. The summed E-state index contributed by atoms with van der Waals surface area (Å²) in [5.41, 5.74) is -1.07. The second kappa shape index (κ2) is 18.6. The number of nitrogens with one attached hydrogen (secondary N) is 4. The maximum Gasteiger partial charge on any atom is 0.408 e. The number of esters is 1. The highest BCUT2D eigenvalue weighted by atomic mass is 32.2. The molecule has 0 fully saturated rings. The Labute approximate surface area is 292 Å². The number of hydrogen-bond acceptors (Lipinski definition) is 9. The van der Waals surface area contributed by atoms with Gasteiger partial charge in [0.15, 0.2) is 0 Å². The lowest BCUT2D eigenvalue weighted by Crippen LogP contribution is -2.54. The number of amides is 3. The van der Waals surface area contributed by atoms with E-state index in [-0.39, 0.29) is 37.9 Å². The molecule has 2 aromatic carbocycles. The summed E-state index contributed by atoms with van der Waals surface area (Å²) < 4.78 is 72.1. The van der Waals surface area contributed by atoms with Gasteiger partial charge in [-0.25, -0.2) is 31.5 Å². The van der Waals surface area contributed by atoms with Crippen LogP contribution in [0, 0.1) is 11.6 Å². The molecule has 0 saturated carbocycles. The van der Waals surface area contributed by atoms with Crippen LogP contribution in [0.25, 0.3) is 0 Å². The van der Waals surface area contributed by atoms with Crippen LogP contribution in [0.15, 0.2) is 48.5 Å². The summed E-state index contributed by atoms with van der Waals surface area (Å²) >= 11 is 0. The number of halogens is 2. The maximum atomic E-state index is 14.4. The molecule has 50 heavy (non-hydrogen) atoms. The standard InChI is InChI=1S/C34H48F2N4O9S/c1-22(41)47-29(28(18-23-12-9-8-10-13-23)40-32(44)49-34(5,6)7)30(42)37-16-11-17-50(45,46)38-21-26(39-31(43)48-33(2,3)4)20-24-19-25(35)14-15-27(24)36/h8-10,12-15,19,26,28-29,38H,11,16-18,20-21H2,1-7H3,(H,37,42)(H,39,43)(H,40,44)/t26?,28-,29+/m1/s1. The lowest BCUT2D eigenvalue weighted by molar-refractivity contribution is -0.155. The van der Waals surface area contributed by atoms with Crippen molar-refractivity contribution in [3.63, 3.8) is 0 Å². The lowest BCUT2D eigenvalue weighted by Gasteiger charge is -2.28. The molecule has 0 aromatic heterocycles. The molecule has 0 radical (unpaired) electrons. The van der Waals surface area contributed by atoms with Gasteiger partial charge in [0.25, 0.3) is 5.91 Å². The minimum absolute atomic E-state index is 0.0815. The average molecular weight is 727 g/mol. The van der Waals surface area contributed by atoms with Crippen LogP contribution in [0.1, 0.15) is 66.0 Å². The number of benzene rings is 2. The van der Waals surface area contributed by atoms with Gasteiger partial charge in [0.05, 0.1) is 11.8 Å². The first kappa shape index (κ1) is 41.9. The fourth-order valence-corrected chi connectivity index (χ4v) is 5.67. The van der Waals surface area contributed by atoms with E-state index in [1.807, 2.05) is 0 Å². The zero-order chi connectivity index (χ0) is 37.7. The average Bonchev–Trinajstić information content (AvgIpc) is 2.97. The van der Waals surface area contributed by atoms with E-state index in [0.29, 0.717) is 0 Å². The maximum absolute atomic E-state index is 14.4. The van der Waals surface area contributed by atoms with Gasteiger partial charge in [0, 0.05) is 26.1 Å². The van der Waals surface area contributed by atoms with Crippen molar-refractivity contribution in [2.24, 2.45) is 0 Å². The van der Waals surface area contributed by atoms with E-state index in [9.17, 15) is 36.4 Å². The Morgan fingerprint density at radius 2 is 1.44 bits per heavy atom. The first-order valence-corrected chi connectivity index (χ1v) is 17.7. The predicted molar refractivity (Wildman–Crippen MR) is 181 cm³/mol. The SMILES string of the molecule is CC(=O)O[C@H](C(=O)NCCCS(=O)(=O)NCC(Cc1cc(F)ccc1F)NC(=O)OC(C)(C)C)[C@@H](Cc1ccccc1)NC(=O)OC(C)(C)C. The third-order valence-corrected chi connectivity index (χ3v) is 7.98. The molecule has 0 spiro atoms. The van der Waals surface area contributed by atoms with Gasteiger partial charge in [-0.1, -0.05) is 30.3 Å². The molecule has 0 aliphatic rings. The first-order chi connectivity index (χ1) is 23.1. The second-order valence-corrected chi connectivity index (χ2v) is 15.5. The Morgan fingerprint density at radius 3 is 2.02 bits per heavy atom. The minimum atomic E-state index is -4.01. The van der Waals surface area contributed by atoms with Gasteiger partial charge < -0.3 is 30.2 Å². The van der Waals surface area contributed by atoms with Crippen LogP contribution in [0.2, 0.25) is 0 Å². The van der Waals surface area contributed by atoms with Crippen LogP contribution in [0.5, 0.6) is 0 Å². The molecule has 2 rings (SSSR count). The van der Waals surface area contributed by atoms with Crippen molar-refractivity contribution in [1.29, 1.82) is 0 Å². The number of ether oxygens (including phenoxy) is 3. The zero-order valence-corrected chi connectivity index (χ0v) is 30.2. The summed E-state index contributed by atoms with van der Waals surface area (Å²) in [4.78, 5) is 50.4. The quantitative estimate of drug-likeness (QED) is 0.114. The molecule has 1 unspecified atom stereocenters. The highest BCUT2D eigenvalue weighted by Gasteiger charge is 2.34. The van der Waals surface area contributed by atoms with E-state index >= 15 is 0 Å². The van der Waals surface area contributed by atoms with Crippen molar-refractivity contribution in [3.8, 4) is 0 Å². The van der Waals surface area contributed by atoms with E-state index in [1.54, 1.807) is 71.9 Å². The van der Waals surface area contributed by atoms with Crippen molar-refractivity contribution in [2.75, 3.05) is 18.8 Å². The number of carbonyl (C=O) groups excluding carboxylic acids is 4. The highest BCUT2D eigenvalue weighted by molar-refractivity contribution is 7.89. The summed E-state index contributed by atoms with van der Waals surface area (Å²) in [6, 6.07) is 9.63. The number of hydrogen-bond donors (Lipinski definition) is 4. The zero-order valence-electron chi connectivity index (χ0n) is 29.4. The fourth-order valence-electron chi connectivity index (χ4n) is 4.55. The van der Waals surface area contributed by atoms with Crippen LogP contribution in [-0.4, -0.2) is 80.7 Å². The molecule has 4 N–H and O–H groups in total. The Balaban J connectivity index is 2.08. The number of alkyl carbamates (subject to hydrolysis) is 2. The Hall–Kier alpha value is -4.31. The van der Waals surface area contributed by atoms with E-state index in [0.717, 1.165) is 30.7 Å². The summed E-state index contributed by atoms with van der Waals surface area (Å²) in [5, 5.41) is 7.66. The molecule has 0 bridgehead atoms. The van der Waals surface area contributed by atoms with E-state index in [1.165, 1.54) is 0 Å². The van der Waals surface area contributed by atoms with Gasteiger partial charge in [-0.2, -0.15) is 0 Å². The monoisotopic (exact) mass is 726 g/mol. The molecule has 2 aromatic rings. The molecule has 3 atom stereocenters. The van der Waals surface area contributed by atoms with E-state index in [4.69, 9.17) is 14.2 Å². The molecular weight excluding hydrogens is 678 g/mol. The normalized spacial score (nSPS) is 13.7. The highest BCUT2D eigenvalue weighted by Crippen LogP contribution is 2.15. The summed E-state index contributed by atoms with van der Waals surface area (Å²) in [7, 11) is -4.01. The molecule has 16 heteroatoms. The number of rotatable bonds is 16. The third-order valence-electron chi connectivity index (χ3n) is 6.55. The molecule has 3 amide bonds. The molecule has 0 saturated heterocycles. The van der Waals surface area contributed by atoms with Crippen molar-refractivity contribution in [1.82, 2.24) is 20.7 Å². The fraction of sp³-hybridized carbons (Fsp3) is 0.529. The van der Waals surface area contributed by atoms with Gasteiger partial charge in [-0.15, -0.1) is 0 Å². The van der Waals surface area contributed by atoms with Gasteiger partial charge in [0.2, 0.25) is 16.1 Å². The third kappa shape index (κ3) is 16.9. The molecule has 0 aliphatic heterocycles. The summed E-state index contributed by atoms with van der Waals surface area (Å²) in [5.74, 6) is -3.47. The van der Waals surface area contributed by atoms with Crippen LogP contribution in [-0.2, 0) is 46.7 Å². The summed E-state index contributed by atoms with van der Waals surface area (Å²) in [6.07, 6.45) is -3.44. The van der Waals surface area contributed by atoms with Gasteiger partial charge in [-0.3, -0.25) is 9.59 Å². The van der Waals surface area contributed by atoms with E-state index in [2.05, 4.69) is 20.7 Å². The van der Waals surface area contributed by atoms with Crippen molar-refractivity contribution in [3.05, 3.63) is 71.3 Å². The first-order valence-electron chi connectivity index (χ1n) is 16.0. The smallest absolute Gasteiger partial charge is 0.408 e. The predicted octanol–water partition coefficient (Wildman–Crippen LogP) is 3.89. The largest absolute Gasteiger partial charge is 0.450 e. The van der Waals surface area contributed by atoms with Gasteiger partial charge in [0.1, 0.15) is 22.8 Å². The molecular formula is C34H48F2N4O9S. The Bertz CT molecular complexity index is 1560. The van der Waals surface area contributed by atoms with Crippen LogP contribution in [0.3, 0.4) is 0 Å². The van der Waals surface area contributed by atoms with Gasteiger partial charge >= 0.3 is 18.2 Å². The summed E-state index contributed by atoms with van der Waals surface area (Å²) in [6.45, 7) is 10.5. The van der Waals surface area contributed by atoms with Crippen molar-refractivity contribution < 1.29 is 50.6 Å². The van der Waals surface area contributed by atoms with Crippen LogP contribution in [0.4, 0.5) is 18.4 Å². The van der Waals surface area contributed by atoms with Crippen LogP contribution >= 0.6 is 0 Å².